The molecule has 8 nitrogen and oxygen atoms in total. The lowest BCUT2D eigenvalue weighted by atomic mass is 9.72. The third kappa shape index (κ3) is 5.58. The number of ketones is 1. The van der Waals surface area contributed by atoms with Crippen LogP contribution in [0.2, 0.25) is 5.02 Å². The van der Waals surface area contributed by atoms with E-state index < -0.39 is 18.1 Å². The van der Waals surface area contributed by atoms with Crippen LogP contribution in [0.4, 0.5) is 0 Å². The number of rotatable bonds is 6. The number of Topliss-reactive ketones (excluding diaryl/α,β-unsaturated/α-hetero) is 1. The summed E-state index contributed by atoms with van der Waals surface area (Å²) < 4.78 is 5.01. The molecule has 39 heavy (non-hydrogen) atoms. The predicted molar refractivity (Wildman–Crippen MR) is 148 cm³/mol. The summed E-state index contributed by atoms with van der Waals surface area (Å²) >= 11 is 6.34. The minimum Gasteiger partial charge on any atom is -0.467 e. The Kier molecular flexibility index (Phi) is 7.53. The van der Waals surface area contributed by atoms with Crippen molar-refractivity contribution in [2.45, 2.75) is 83.7 Å². The molecule has 9 heteroatoms. The van der Waals surface area contributed by atoms with Crippen LogP contribution in [0.5, 0.6) is 0 Å². The number of aromatic nitrogens is 1. The van der Waals surface area contributed by atoms with Crippen molar-refractivity contribution < 1.29 is 23.9 Å². The molecule has 2 saturated carbocycles. The lowest BCUT2D eigenvalue weighted by Crippen LogP contribution is -2.51. The van der Waals surface area contributed by atoms with E-state index in [1.807, 2.05) is 26.0 Å². The highest BCUT2D eigenvalue weighted by atomic mass is 35.5. The van der Waals surface area contributed by atoms with Gasteiger partial charge in [0.25, 0.3) is 5.91 Å². The van der Waals surface area contributed by atoms with Gasteiger partial charge in [-0.25, -0.2) is 4.79 Å². The zero-order chi connectivity index (χ0) is 27.9. The molecule has 1 aliphatic heterocycles. The second kappa shape index (κ2) is 10.6. The molecule has 5 rings (SSSR count). The number of likely N-dealkylation sites (tertiary alicyclic amines) is 1. The van der Waals surface area contributed by atoms with E-state index in [0.717, 1.165) is 37.5 Å². The number of methoxy groups -OCH3 is 1. The summed E-state index contributed by atoms with van der Waals surface area (Å²) in [5.41, 5.74) is 0.819. The average Bonchev–Trinajstić information content (AvgIpc) is 3.57. The first-order valence-corrected chi connectivity index (χ1v) is 14.4. The molecule has 3 atom stereocenters. The number of nitrogens with zero attached hydrogens (tertiary/aromatic N) is 1. The van der Waals surface area contributed by atoms with E-state index >= 15 is 0 Å². The van der Waals surface area contributed by atoms with Gasteiger partial charge in [-0.15, -0.1) is 0 Å². The van der Waals surface area contributed by atoms with Crippen molar-refractivity contribution in [3.8, 4) is 0 Å². The normalized spacial score (nSPS) is 24.7. The van der Waals surface area contributed by atoms with Crippen molar-refractivity contribution >= 4 is 46.1 Å². The molecular formula is C30H38ClN3O5. The van der Waals surface area contributed by atoms with Gasteiger partial charge in [-0.05, 0) is 55.1 Å². The zero-order valence-electron chi connectivity index (χ0n) is 23.0. The van der Waals surface area contributed by atoms with E-state index in [0.29, 0.717) is 42.0 Å². The number of hydrogen-bond acceptors (Lipinski definition) is 5. The fraction of sp³-hybridized carbons (Fsp3) is 0.600. The molecule has 0 radical (unpaired) electrons. The van der Waals surface area contributed by atoms with E-state index in [2.05, 4.69) is 10.3 Å². The largest absolute Gasteiger partial charge is 0.467 e. The Labute approximate surface area is 234 Å². The summed E-state index contributed by atoms with van der Waals surface area (Å²) in [6.45, 7) is 4.57. The molecule has 2 aliphatic carbocycles. The van der Waals surface area contributed by atoms with E-state index in [-0.39, 0.29) is 40.8 Å². The van der Waals surface area contributed by atoms with E-state index in [4.69, 9.17) is 16.3 Å². The Morgan fingerprint density at radius 3 is 2.56 bits per heavy atom. The van der Waals surface area contributed by atoms with Gasteiger partial charge in [0.1, 0.15) is 23.6 Å². The quantitative estimate of drug-likeness (QED) is 0.485. The third-order valence-electron chi connectivity index (χ3n) is 9.05. The van der Waals surface area contributed by atoms with Crippen molar-refractivity contribution in [2.75, 3.05) is 13.7 Å². The van der Waals surface area contributed by atoms with Crippen LogP contribution in [-0.4, -0.2) is 59.2 Å². The first kappa shape index (κ1) is 27.7. The van der Waals surface area contributed by atoms with Gasteiger partial charge in [0.15, 0.2) is 0 Å². The van der Waals surface area contributed by atoms with Crippen LogP contribution in [0.1, 0.15) is 82.1 Å². The standard InChI is InChI=1S/C30H38ClN3O5/c1-29(2)14-19(24(35)16-29)13-22(28(38)39-3)33-26(36)23-15-30(10-5-4-6-11-30)17-34(23)27(37)21-12-18-8-7-9-20(31)25(18)32-21/h7-9,12,19,22-23,32H,4-6,10-11,13-17H2,1-3H3,(H,33,36)/t19?,22-,23?/m0/s1. The number of aromatic amines is 1. The fourth-order valence-electron chi connectivity index (χ4n) is 7.15. The minimum atomic E-state index is -0.947. The Balaban J connectivity index is 1.40. The highest BCUT2D eigenvalue weighted by Gasteiger charge is 2.50. The van der Waals surface area contributed by atoms with Crippen molar-refractivity contribution in [3.63, 3.8) is 0 Å². The molecule has 2 heterocycles. The number of benzene rings is 1. The lowest BCUT2D eigenvalue weighted by molar-refractivity contribution is -0.146. The Hall–Kier alpha value is -2.87. The number of fused-ring (bicyclic) bond motifs is 1. The van der Waals surface area contributed by atoms with Gasteiger partial charge >= 0.3 is 5.97 Å². The molecule has 1 spiro atoms. The molecule has 0 bridgehead atoms. The fourth-order valence-corrected chi connectivity index (χ4v) is 7.38. The number of carbonyl (C=O) groups excluding carboxylic acids is 4. The van der Waals surface area contributed by atoms with Crippen LogP contribution < -0.4 is 5.32 Å². The van der Waals surface area contributed by atoms with Crippen LogP contribution in [0.25, 0.3) is 10.9 Å². The summed E-state index contributed by atoms with van der Waals surface area (Å²) in [6, 6.07) is 5.59. The number of hydrogen-bond donors (Lipinski definition) is 2. The molecule has 2 unspecified atom stereocenters. The lowest BCUT2D eigenvalue weighted by Gasteiger charge is -2.32. The molecule has 1 aromatic heterocycles. The molecule has 3 fully saturated rings. The van der Waals surface area contributed by atoms with Gasteiger partial charge in [-0.1, -0.05) is 56.8 Å². The topological polar surface area (TPSA) is 109 Å². The zero-order valence-corrected chi connectivity index (χ0v) is 23.7. The number of ether oxygens (including phenoxy) is 1. The molecule has 1 aromatic carbocycles. The SMILES string of the molecule is COC(=O)[C@H](CC1CC(C)(C)CC1=O)NC(=O)C1CC2(CCCCC2)CN1C(=O)c1cc2cccc(Cl)c2[nH]1. The second-order valence-electron chi connectivity index (χ2n) is 12.6. The van der Waals surface area contributed by atoms with Gasteiger partial charge in [0.05, 0.1) is 17.6 Å². The van der Waals surface area contributed by atoms with Crippen LogP contribution in [-0.2, 0) is 19.1 Å². The molecule has 2 amide bonds. The number of H-pyrrole nitrogens is 1. The Morgan fingerprint density at radius 2 is 1.92 bits per heavy atom. The maximum atomic E-state index is 13.9. The highest BCUT2D eigenvalue weighted by Crippen LogP contribution is 2.47. The Morgan fingerprint density at radius 1 is 1.18 bits per heavy atom. The van der Waals surface area contributed by atoms with E-state index in [9.17, 15) is 19.2 Å². The van der Waals surface area contributed by atoms with Crippen LogP contribution in [0.15, 0.2) is 24.3 Å². The Bertz CT molecular complexity index is 1290. The van der Waals surface area contributed by atoms with E-state index in [1.165, 1.54) is 7.11 Å². The number of halogens is 1. The summed E-state index contributed by atoms with van der Waals surface area (Å²) in [7, 11) is 1.28. The van der Waals surface area contributed by atoms with Crippen molar-refractivity contribution in [2.24, 2.45) is 16.7 Å². The number of nitrogens with one attached hydrogen (secondary N) is 2. The average molecular weight is 556 g/mol. The van der Waals surface area contributed by atoms with Crippen molar-refractivity contribution in [1.29, 1.82) is 0 Å². The van der Waals surface area contributed by atoms with E-state index in [1.54, 1.807) is 17.0 Å². The number of esters is 1. The van der Waals surface area contributed by atoms with Gasteiger partial charge < -0.3 is 19.9 Å². The number of carbonyl (C=O) groups is 4. The second-order valence-corrected chi connectivity index (χ2v) is 13.0. The van der Waals surface area contributed by atoms with Crippen LogP contribution in [0, 0.1) is 16.7 Å². The van der Waals surface area contributed by atoms with Gasteiger partial charge in [-0.3, -0.25) is 14.4 Å². The van der Waals surface area contributed by atoms with Crippen molar-refractivity contribution in [1.82, 2.24) is 15.2 Å². The highest BCUT2D eigenvalue weighted by molar-refractivity contribution is 6.35. The van der Waals surface area contributed by atoms with Crippen LogP contribution in [0.3, 0.4) is 0 Å². The summed E-state index contributed by atoms with van der Waals surface area (Å²) in [5, 5.41) is 4.24. The first-order chi connectivity index (χ1) is 18.5. The van der Waals surface area contributed by atoms with Gasteiger partial charge in [0.2, 0.25) is 5.91 Å². The molecule has 2 aromatic rings. The number of para-hydroxylation sites is 1. The molecule has 3 aliphatic rings. The number of amides is 2. The van der Waals surface area contributed by atoms with Crippen LogP contribution >= 0.6 is 11.6 Å². The minimum absolute atomic E-state index is 0.111. The maximum absolute atomic E-state index is 13.9. The first-order valence-electron chi connectivity index (χ1n) is 14.0. The van der Waals surface area contributed by atoms with Crippen molar-refractivity contribution in [3.05, 3.63) is 35.0 Å². The summed E-state index contributed by atoms with van der Waals surface area (Å²) in [5.74, 6) is -1.41. The smallest absolute Gasteiger partial charge is 0.328 e. The summed E-state index contributed by atoms with van der Waals surface area (Å²) in [6.07, 6.45) is 7.10. The monoisotopic (exact) mass is 555 g/mol. The van der Waals surface area contributed by atoms with Gasteiger partial charge in [-0.2, -0.15) is 0 Å². The third-order valence-corrected chi connectivity index (χ3v) is 9.37. The molecule has 1 saturated heterocycles. The molecule has 2 N–H and O–H groups in total. The predicted octanol–water partition coefficient (Wildman–Crippen LogP) is 5.04. The molecular weight excluding hydrogens is 518 g/mol. The summed E-state index contributed by atoms with van der Waals surface area (Å²) in [4.78, 5) is 57.9. The maximum Gasteiger partial charge on any atom is 0.328 e. The van der Waals surface area contributed by atoms with Gasteiger partial charge in [0, 0.05) is 24.3 Å². The molecule has 210 valence electrons.